The molecule has 0 radical (unpaired) electrons. The fourth-order valence-electron chi connectivity index (χ4n) is 6.59. The van der Waals surface area contributed by atoms with Crippen molar-refractivity contribution in [2.24, 2.45) is 0 Å². The van der Waals surface area contributed by atoms with E-state index < -0.39 is 48.3 Å². The zero-order valence-electron chi connectivity index (χ0n) is 29.0. The highest BCUT2D eigenvalue weighted by molar-refractivity contribution is 6.30. The summed E-state index contributed by atoms with van der Waals surface area (Å²) < 4.78 is 29.1. The number of carbonyl (C=O) groups excluding carboxylic acids is 4. The van der Waals surface area contributed by atoms with Gasteiger partial charge in [-0.05, 0) is 66.6 Å². The molecule has 5 rings (SSSR count). The van der Waals surface area contributed by atoms with E-state index in [1.54, 1.807) is 19.1 Å². The Balaban J connectivity index is 1.17. The Morgan fingerprint density at radius 3 is 2.53 bits per heavy atom. The summed E-state index contributed by atoms with van der Waals surface area (Å²) in [6, 6.07) is 20.5. The first-order chi connectivity index (χ1) is 24.6. The Morgan fingerprint density at radius 1 is 0.961 bits per heavy atom. The van der Waals surface area contributed by atoms with Gasteiger partial charge in [-0.1, -0.05) is 66.2 Å². The second-order valence-electron chi connectivity index (χ2n) is 13.0. The minimum absolute atomic E-state index is 0.0212. The number of rotatable bonds is 13. The van der Waals surface area contributed by atoms with Gasteiger partial charge in [0.25, 0.3) is 0 Å². The number of benzene rings is 3. The lowest BCUT2D eigenvalue weighted by Crippen LogP contribution is -2.53. The number of nitrogens with one attached hydrogen (secondary N) is 3. The fourth-order valence-corrected chi connectivity index (χ4v) is 6.72. The highest BCUT2D eigenvalue weighted by Crippen LogP contribution is 2.41. The largest absolute Gasteiger partial charge is 0.467 e. The third-order valence-corrected chi connectivity index (χ3v) is 9.36. The number of esters is 1. The molecule has 13 heteroatoms. The van der Waals surface area contributed by atoms with Gasteiger partial charge in [-0.15, -0.1) is 0 Å². The average Bonchev–Trinajstić information content (AvgIpc) is 3.12. The molecule has 0 saturated carbocycles. The number of halogens is 1. The smallest absolute Gasteiger partial charge is 0.407 e. The predicted octanol–water partition coefficient (Wildman–Crippen LogP) is 5.96. The van der Waals surface area contributed by atoms with Crippen LogP contribution in [-0.2, 0) is 46.2 Å². The molecule has 0 aliphatic carbocycles. The Labute approximate surface area is 302 Å². The van der Waals surface area contributed by atoms with Crippen molar-refractivity contribution in [2.75, 3.05) is 20.3 Å². The molecule has 0 unspecified atom stereocenters. The number of carbonyl (C=O) groups is 4. The van der Waals surface area contributed by atoms with Crippen LogP contribution >= 0.6 is 11.6 Å². The quantitative estimate of drug-likeness (QED) is 0.143. The number of methoxy groups -OCH3 is 1. The van der Waals surface area contributed by atoms with Crippen LogP contribution in [0.25, 0.3) is 10.8 Å². The molecule has 2 fully saturated rings. The SMILES string of the molecule is COC(=O)[C@H](C)NC(=O)CC[C@@H]1C[C@@H](OC(=O)NCc2cccc3ccccc23)C[C@@]2(CCC[C@H](COC(=O)NCCc3ccc(Cl)cc3)O2)O1. The van der Waals surface area contributed by atoms with Crippen molar-refractivity contribution in [2.45, 2.75) is 95.0 Å². The normalized spacial score (nSPS) is 22.1. The van der Waals surface area contributed by atoms with Crippen LogP contribution in [0.5, 0.6) is 0 Å². The van der Waals surface area contributed by atoms with Crippen molar-refractivity contribution >= 4 is 46.4 Å². The minimum atomic E-state index is -1.10. The Bertz CT molecular complexity index is 1650. The van der Waals surface area contributed by atoms with Crippen LogP contribution < -0.4 is 16.0 Å². The number of amides is 3. The Hall–Kier alpha value is -4.39. The highest BCUT2D eigenvalue weighted by atomic mass is 35.5. The van der Waals surface area contributed by atoms with Crippen molar-refractivity contribution < 1.29 is 42.9 Å². The van der Waals surface area contributed by atoms with Crippen LogP contribution in [0.1, 0.15) is 63.0 Å². The van der Waals surface area contributed by atoms with E-state index in [1.165, 1.54) is 7.11 Å². The predicted molar refractivity (Wildman–Crippen MR) is 190 cm³/mol. The van der Waals surface area contributed by atoms with E-state index in [4.69, 9.17) is 35.3 Å². The van der Waals surface area contributed by atoms with Gasteiger partial charge in [-0.3, -0.25) is 4.79 Å². The molecule has 3 N–H and O–H groups in total. The molecule has 2 aliphatic heterocycles. The van der Waals surface area contributed by atoms with E-state index in [0.717, 1.165) is 28.3 Å². The monoisotopic (exact) mass is 723 g/mol. The van der Waals surface area contributed by atoms with Crippen molar-refractivity contribution in [3.05, 3.63) is 82.9 Å². The van der Waals surface area contributed by atoms with Gasteiger partial charge in [0.2, 0.25) is 5.91 Å². The molecular weight excluding hydrogens is 678 g/mol. The number of fused-ring (bicyclic) bond motifs is 1. The summed E-state index contributed by atoms with van der Waals surface area (Å²) >= 11 is 5.95. The van der Waals surface area contributed by atoms with Gasteiger partial charge in [-0.2, -0.15) is 0 Å². The zero-order valence-corrected chi connectivity index (χ0v) is 29.7. The van der Waals surface area contributed by atoms with Crippen LogP contribution in [-0.4, -0.2) is 74.5 Å². The van der Waals surface area contributed by atoms with Crippen molar-refractivity contribution in [3.63, 3.8) is 0 Å². The molecule has 12 nitrogen and oxygen atoms in total. The summed E-state index contributed by atoms with van der Waals surface area (Å²) in [5, 5.41) is 11.1. The lowest BCUT2D eigenvalue weighted by Gasteiger charge is -2.47. The number of hydrogen-bond acceptors (Lipinski definition) is 9. The minimum Gasteiger partial charge on any atom is -0.467 e. The second kappa shape index (κ2) is 18.2. The molecule has 0 aromatic heterocycles. The summed E-state index contributed by atoms with van der Waals surface area (Å²) in [4.78, 5) is 50.0. The molecule has 3 aromatic carbocycles. The van der Waals surface area contributed by atoms with Crippen molar-refractivity contribution in [1.29, 1.82) is 0 Å². The Morgan fingerprint density at radius 2 is 1.73 bits per heavy atom. The molecule has 51 heavy (non-hydrogen) atoms. The van der Waals surface area contributed by atoms with Crippen molar-refractivity contribution in [1.82, 2.24) is 16.0 Å². The van der Waals surface area contributed by atoms with Gasteiger partial charge >= 0.3 is 18.2 Å². The van der Waals surface area contributed by atoms with Gasteiger partial charge in [0.05, 0.1) is 19.3 Å². The average molecular weight is 724 g/mol. The molecule has 2 heterocycles. The maximum Gasteiger partial charge on any atom is 0.407 e. The van der Waals surface area contributed by atoms with Crippen LogP contribution in [0, 0.1) is 0 Å². The molecule has 3 amide bonds. The summed E-state index contributed by atoms with van der Waals surface area (Å²) in [7, 11) is 1.26. The maximum atomic E-state index is 13.1. The third-order valence-electron chi connectivity index (χ3n) is 9.11. The first kappa shape index (κ1) is 37.9. The van der Waals surface area contributed by atoms with E-state index in [0.29, 0.717) is 43.7 Å². The van der Waals surface area contributed by atoms with Gasteiger partial charge < -0.3 is 39.6 Å². The van der Waals surface area contributed by atoms with Crippen molar-refractivity contribution in [3.8, 4) is 0 Å². The standard InChI is InChI=1S/C38H46ClN3O9/c1-25(35(44)47-2)42-34(43)17-16-30-21-32(49-37(46)41-23-28-9-5-8-27-7-3-4-11-33(27)28)22-38(50-30)19-6-10-31(51-38)24-48-36(45)40-20-18-26-12-14-29(39)15-13-26/h3-5,7-9,11-15,25,30-32H,6,10,16-24H2,1-2H3,(H,40,45)(H,41,46)(H,42,43)/t25-,30+,31+,32+,38-/m0/s1. The van der Waals surface area contributed by atoms with Crippen LogP contribution in [0.3, 0.4) is 0 Å². The molecule has 3 aromatic rings. The lowest BCUT2D eigenvalue weighted by atomic mass is 9.90. The summed E-state index contributed by atoms with van der Waals surface area (Å²) in [6.07, 6.45) is 0.949. The van der Waals surface area contributed by atoms with Crippen LogP contribution in [0.2, 0.25) is 5.02 Å². The zero-order chi connectivity index (χ0) is 36.2. The molecule has 274 valence electrons. The van der Waals surface area contributed by atoms with Crippen LogP contribution in [0.4, 0.5) is 9.59 Å². The molecule has 5 atom stereocenters. The van der Waals surface area contributed by atoms with E-state index >= 15 is 0 Å². The van der Waals surface area contributed by atoms with E-state index in [-0.39, 0.29) is 31.9 Å². The molecule has 2 aliphatic rings. The third kappa shape index (κ3) is 11.3. The molecule has 0 bridgehead atoms. The second-order valence-corrected chi connectivity index (χ2v) is 13.4. The summed E-state index contributed by atoms with van der Waals surface area (Å²) in [5.74, 6) is -1.98. The molecule has 1 spiro atoms. The molecular formula is C38H46ClN3O9. The number of hydrogen-bond donors (Lipinski definition) is 3. The van der Waals surface area contributed by atoms with E-state index in [2.05, 4.69) is 16.0 Å². The van der Waals surface area contributed by atoms with Gasteiger partial charge in [-0.25, -0.2) is 14.4 Å². The van der Waals surface area contributed by atoms with Crippen LogP contribution in [0.15, 0.2) is 66.7 Å². The first-order valence-corrected chi connectivity index (χ1v) is 17.8. The maximum absolute atomic E-state index is 13.1. The Kier molecular flexibility index (Phi) is 13.5. The van der Waals surface area contributed by atoms with Gasteiger partial charge in [0.1, 0.15) is 18.8 Å². The first-order valence-electron chi connectivity index (χ1n) is 17.4. The van der Waals surface area contributed by atoms with Gasteiger partial charge in [0.15, 0.2) is 5.79 Å². The fraction of sp³-hybridized carbons (Fsp3) is 0.474. The summed E-state index contributed by atoms with van der Waals surface area (Å²) in [5.41, 5.74) is 2.00. The van der Waals surface area contributed by atoms with E-state index in [9.17, 15) is 19.2 Å². The van der Waals surface area contributed by atoms with Gasteiger partial charge in [0, 0.05) is 43.8 Å². The highest BCUT2D eigenvalue weighted by Gasteiger charge is 2.47. The summed E-state index contributed by atoms with van der Waals surface area (Å²) in [6.45, 7) is 2.25. The molecule has 2 saturated heterocycles. The lowest BCUT2D eigenvalue weighted by molar-refractivity contribution is -0.329. The van der Waals surface area contributed by atoms with E-state index in [1.807, 2.05) is 54.6 Å². The number of ether oxygens (including phenoxy) is 5. The number of alkyl carbamates (subject to hydrolysis) is 2. The topological polar surface area (TPSA) is 151 Å².